The van der Waals surface area contributed by atoms with Gasteiger partial charge in [-0.15, -0.1) is 0 Å². The van der Waals surface area contributed by atoms with Crippen molar-refractivity contribution in [2.45, 2.75) is 51.1 Å². The Balaban J connectivity index is 1.58. The number of benzene rings is 2. The predicted molar refractivity (Wildman–Crippen MR) is 116 cm³/mol. The number of amides is 1. The maximum atomic E-state index is 13.6. The van der Waals surface area contributed by atoms with Crippen LogP contribution in [0.5, 0.6) is 0 Å². The highest BCUT2D eigenvalue weighted by molar-refractivity contribution is 6.33. The first-order valence-corrected chi connectivity index (χ1v) is 10.7. The molecule has 0 saturated carbocycles. The van der Waals surface area contributed by atoms with Crippen molar-refractivity contribution in [3.8, 4) is 0 Å². The Bertz CT molecular complexity index is 896. The van der Waals surface area contributed by atoms with E-state index in [1.54, 1.807) is 6.07 Å². The van der Waals surface area contributed by atoms with Crippen LogP contribution in [0.25, 0.3) is 0 Å². The largest absolute Gasteiger partial charge is 0.311 e. The van der Waals surface area contributed by atoms with Gasteiger partial charge in [0.1, 0.15) is 0 Å². The average Bonchev–Trinajstić information content (AvgIpc) is 3.13. The molecule has 1 fully saturated rings. The molecule has 148 valence electrons. The zero-order valence-electron chi connectivity index (χ0n) is 16.4. The summed E-state index contributed by atoms with van der Waals surface area (Å²) in [4.78, 5) is 17.8. The quantitative estimate of drug-likeness (QED) is 0.642. The van der Waals surface area contributed by atoms with Gasteiger partial charge in [0.25, 0.3) is 0 Å². The molecule has 0 spiro atoms. The van der Waals surface area contributed by atoms with Gasteiger partial charge in [0.2, 0.25) is 5.91 Å². The van der Waals surface area contributed by atoms with Crippen molar-refractivity contribution in [2.24, 2.45) is 0 Å². The molecule has 1 amide bonds. The van der Waals surface area contributed by atoms with Gasteiger partial charge in [-0.1, -0.05) is 55.2 Å². The smallest absolute Gasteiger partial charge is 0.244 e. The van der Waals surface area contributed by atoms with Crippen LogP contribution < -0.4 is 4.90 Å². The van der Waals surface area contributed by atoms with Crippen LogP contribution in [0.2, 0.25) is 10.0 Å². The van der Waals surface area contributed by atoms with Crippen LogP contribution in [0.15, 0.2) is 42.5 Å². The monoisotopic (exact) mass is 416 g/mol. The van der Waals surface area contributed by atoms with E-state index >= 15 is 0 Å². The zero-order valence-corrected chi connectivity index (χ0v) is 17.9. The van der Waals surface area contributed by atoms with Crippen molar-refractivity contribution in [1.82, 2.24) is 4.90 Å². The van der Waals surface area contributed by atoms with Gasteiger partial charge in [-0.3, -0.25) is 9.69 Å². The van der Waals surface area contributed by atoms with Gasteiger partial charge < -0.3 is 4.90 Å². The number of fused-ring (bicyclic) bond motifs is 1. The summed E-state index contributed by atoms with van der Waals surface area (Å²) in [6.07, 6.45) is 2.89. The standard InChI is InChI=1S/C23H26Cl2N2O/c1-23(2)11-13-27(20-7-4-3-6-18(20)23)22(28)21-8-5-12-26(21)15-16-14-17(24)9-10-19(16)25/h3-4,6-7,9-10,14,21H,5,8,11-13,15H2,1-2H3/t21-/m0/s1. The van der Waals surface area contributed by atoms with E-state index in [1.807, 2.05) is 23.1 Å². The molecule has 0 bridgehead atoms. The lowest BCUT2D eigenvalue weighted by Crippen LogP contribution is -2.49. The van der Waals surface area contributed by atoms with Crippen molar-refractivity contribution in [2.75, 3.05) is 18.0 Å². The van der Waals surface area contributed by atoms with E-state index in [0.29, 0.717) is 16.6 Å². The Kier molecular flexibility index (Phi) is 5.43. The Hall–Kier alpha value is -1.55. The van der Waals surface area contributed by atoms with Gasteiger partial charge in [0.05, 0.1) is 6.04 Å². The molecular weight excluding hydrogens is 391 g/mol. The van der Waals surface area contributed by atoms with E-state index in [1.165, 1.54) is 5.56 Å². The van der Waals surface area contributed by atoms with Crippen LogP contribution in [0.4, 0.5) is 5.69 Å². The predicted octanol–water partition coefficient (Wildman–Crippen LogP) is 5.67. The van der Waals surface area contributed by atoms with E-state index in [4.69, 9.17) is 23.2 Å². The second kappa shape index (κ2) is 7.70. The van der Waals surface area contributed by atoms with Gasteiger partial charge in [-0.2, -0.15) is 0 Å². The first-order valence-electron chi connectivity index (χ1n) is 9.96. The molecule has 0 radical (unpaired) electrons. The number of carbonyl (C=O) groups is 1. The molecule has 0 aromatic heterocycles. The number of rotatable bonds is 3. The third kappa shape index (κ3) is 3.68. The second-order valence-electron chi connectivity index (χ2n) is 8.51. The Labute approximate surface area is 177 Å². The molecule has 2 aliphatic heterocycles. The highest BCUT2D eigenvalue weighted by Gasteiger charge is 2.39. The number of para-hydroxylation sites is 1. The summed E-state index contributed by atoms with van der Waals surface area (Å²) in [7, 11) is 0. The van der Waals surface area contributed by atoms with Gasteiger partial charge >= 0.3 is 0 Å². The van der Waals surface area contributed by atoms with Crippen LogP contribution in [-0.2, 0) is 16.8 Å². The van der Waals surface area contributed by atoms with Crippen LogP contribution in [0, 0.1) is 0 Å². The van der Waals surface area contributed by atoms with Crippen molar-refractivity contribution >= 4 is 34.8 Å². The number of halogens is 2. The van der Waals surface area contributed by atoms with Crippen LogP contribution >= 0.6 is 23.2 Å². The average molecular weight is 417 g/mol. The number of likely N-dealkylation sites (tertiary alicyclic amines) is 1. The molecule has 0 aliphatic carbocycles. The van der Waals surface area contributed by atoms with E-state index in [0.717, 1.165) is 43.6 Å². The summed E-state index contributed by atoms with van der Waals surface area (Å²) in [6, 6.07) is 13.8. The molecule has 2 aromatic rings. The van der Waals surface area contributed by atoms with Crippen LogP contribution in [0.1, 0.15) is 44.2 Å². The Morgan fingerprint density at radius 3 is 2.75 bits per heavy atom. The Morgan fingerprint density at radius 1 is 1.14 bits per heavy atom. The minimum atomic E-state index is -0.107. The summed E-state index contributed by atoms with van der Waals surface area (Å²) < 4.78 is 0. The normalized spacial score (nSPS) is 21.6. The number of anilines is 1. The van der Waals surface area contributed by atoms with E-state index < -0.39 is 0 Å². The molecule has 4 rings (SSSR count). The van der Waals surface area contributed by atoms with Crippen molar-refractivity contribution in [3.63, 3.8) is 0 Å². The van der Waals surface area contributed by atoms with E-state index in [-0.39, 0.29) is 17.4 Å². The third-order valence-electron chi connectivity index (χ3n) is 6.18. The SMILES string of the molecule is CC1(C)CCN(C(=O)[C@@H]2CCCN2Cc2cc(Cl)ccc2Cl)c2ccccc21. The first kappa shape index (κ1) is 19.8. The summed E-state index contributed by atoms with van der Waals surface area (Å²) in [5.41, 5.74) is 3.40. The van der Waals surface area contributed by atoms with Gasteiger partial charge in [0.15, 0.2) is 0 Å². The van der Waals surface area contributed by atoms with E-state index in [9.17, 15) is 4.79 Å². The summed E-state index contributed by atoms with van der Waals surface area (Å²) in [6.45, 7) is 6.84. The summed E-state index contributed by atoms with van der Waals surface area (Å²) in [5, 5.41) is 1.38. The highest BCUT2D eigenvalue weighted by atomic mass is 35.5. The van der Waals surface area contributed by atoms with Gasteiger partial charge in [0, 0.05) is 28.8 Å². The summed E-state index contributed by atoms with van der Waals surface area (Å²) >= 11 is 12.5. The molecular formula is C23H26Cl2N2O. The minimum absolute atomic E-state index is 0.0943. The molecule has 2 heterocycles. The number of carbonyl (C=O) groups excluding carboxylic acids is 1. The van der Waals surface area contributed by atoms with Gasteiger partial charge in [-0.25, -0.2) is 0 Å². The zero-order chi connectivity index (χ0) is 19.9. The Morgan fingerprint density at radius 2 is 1.93 bits per heavy atom. The fourth-order valence-corrected chi connectivity index (χ4v) is 4.89. The molecule has 28 heavy (non-hydrogen) atoms. The number of hydrogen-bond donors (Lipinski definition) is 0. The van der Waals surface area contributed by atoms with Crippen molar-refractivity contribution in [3.05, 3.63) is 63.6 Å². The second-order valence-corrected chi connectivity index (χ2v) is 9.35. The van der Waals surface area contributed by atoms with Crippen molar-refractivity contribution in [1.29, 1.82) is 0 Å². The lowest BCUT2D eigenvalue weighted by molar-refractivity contribution is -0.123. The van der Waals surface area contributed by atoms with Crippen LogP contribution in [-0.4, -0.2) is 29.9 Å². The van der Waals surface area contributed by atoms with Crippen molar-refractivity contribution < 1.29 is 4.79 Å². The maximum Gasteiger partial charge on any atom is 0.244 e. The fraction of sp³-hybridized carbons (Fsp3) is 0.435. The highest BCUT2D eigenvalue weighted by Crippen LogP contribution is 2.40. The first-order chi connectivity index (χ1) is 13.4. The molecule has 5 heteroatoms. The minimum Gasteiger partial charge on any atom is -0.311 e. The van der Waals surface area contributed by atoms with Crippen LogP contribution in [0.3, 0.4) is 0 Å². The molecule has 2 aliphatic rings. The number of hydrogen-bond acceptors (Lipinski definition) is 2. The number of nitrogens with zero attached hydrogens (tertiary/aromatic N) is 2. The molecule has 0 unspecified atom stereocenters. The maximum absolute atomic E-state index is 13.6. The molecule has 0 N–H and O–H groups in total. The molecule has 1 saturated heterocycles. The third-order valence-corrected chi connectivity index (χ3v) is 6.78. The van der Waals surface area contributed by atoms with Gasteiger partial charge in [-0.05, 0) is 66.6 Å². The molecule has 3 nitrogen and oxygen atoms in total. The topological polar surface area (TPSA) is 23.6 Å². The van der Waals surface area contributed by atoms with E-state index in [2.05, 4.69) is 36.9 Å². The lowest BCUT2D eigenvalue weighted by Gasteiger charge is -2.40. The lowest BCUT2D eigenvalue weighted by atomic mass is 9.77. The molecule has 1 atom stereocenters. The molecule has 2 aromatic carbocycles. The summed E-state index contributed by atoms with van der Waals surface area (Å²) in [5.74, 6) is 0.207. The fourth-order valence-electron chi connectivity index (χ4n) is 4.51.